The summed E-state index contributed by atoms with van der Waals surface area (Å²) < 4.78 is 14.9. The summed E-state index contributed by atoms with van der Waals surface area (Å²) in [5.74, 6) is -0.386. The molecule has 166 valence electrons. The van der Waals surface area contributed by atoms with Gasteiger partial charge in [-0.3, -0.25) is 4.79 Å². The zero-order chi connectivity index (χ0) is 22.0. The van der Waals surface area contributed by atoms with Gasteiger partial charge in [0.05, 0.1) is 22.6 Å². The lowest BCUT2D eigenvalue weighted by molar-refractivity contribution is 0.0661. The Morgan fingerprint density at radius 1 is 0.968 bits per heavy atom. The third-order valence-corrected chi connectivity index (χ3v) is 6.36. The Labute approximate surface area is 182 Å². The van der Waals surface area contributed by atoms with Crippen LogP contribution in [0.1, 0.15) is 53.8 Å². The first-order valence-electron chi connectivity index (χ1n) is 11.1. The summed E-state index contributed by atoms with van der Waals surface area (Å²) >= 11 is 0. The Bertz CT molecular complexity index is 942. The predicted octanol–water partition coefficient (Wildman–Crippen LogP) is 3.43. The Hall–Kier alpha value is -2.90. The number of aromatic nitrogens is 2. The molecular formula is C23H30FN5O2. The number of amides is 3. The van der Waals surface area contributed by atoms with E-state index in [-0.39, 0.29) is 23.8 Å². The van der Waals surface area contributed by atoms with Crippen molar-refractivity contribution in [1.82, 2.24) is 24.9 Å². The number of hydrogen-bond donors (Lipinski definition) is 1. The topological polar surface area (TPSA) is 70.5 Å². The fraction of sp³-hybridized carbons (Fsp3) is 0.522. The Balaban J connectivity index is 1.39. The van der Waals surface area contributed by atoms with Gasteiger partial charge in [-0.25, -0.2) is 13.9 Å². The van der Waals surface area contributed by atoms with Gasteiger partial charge in [0.1, 0.15) is 5.82 Å². The van der Waals surface area contributed by atoms with Gasteiger partial charge in [-0.15, -0.1) is 0 Å². The summed E-state index contributed by atoms with van der Waals surface area (Å²) in [6.07, 6.45) is 5.72. The van der Waals surface area contributed by atoms with Crippen LogP contribution in [0, 0.1) is 19.7 Å². The second kappa shape index (κ2) is 9.08. The number of rotatable bonds is 3. The summed E-state index contributed by atoms with van der Waals surface area (Å²) in [4.78, 5) is 29.4. The van der Waals surface area contributed by atoms with Crippen LogP contribution in [0.5, 0.6) is 0 Å². The largest absolute Gasteiger partial charge is 0.335 e. The van der Waals surface area contributed by atoms with E-state index in [1.807, 2.05) is 13.8 Å². The van der Waals surface area contributed by atoms with Gasteiger partial charge in [-0.1, -0.05) is 19.3 Å². The maximum Gasteiger partial charge on any atom is 0.317 e. The average molecular weight is 428 g/mol. The molecule has 0 atom stereocenters. The highest BCUT2D eigenvalue weighted by atomic mass is 19.1. The summed E-state index contributed by atoms with van der Waals surface area (Å²) in [7, 11) is 0. The van der Waals surface area contributed by atoms with Gasteiger partial charge in [0, 0.05) is 32.2 Å². The summed E-state index contributed by atoms with van der Waals surface area (Å²) in [5, 5.41) is 7.66. The smallest absolute Gasteiger partial charge is 0.317 e. The Kier molecular flexibility index (Phi) is 6.25. The number of benzene rings is 1. The van der Waals surface area contributed by atoms with Crippen LogP contribution in [0.4, 0.5) is 9.18 Å². The molecule has 7 nitrogen and oxygen atoms in total. The molecule has 2 aliphatic rings. The van der Waals surface area contributed by atoms with Crippen LogP contribution >= 0.6 is 0 Å². The summed E-state index contributed by atoms with van der Waals surface area (Å²) in [6, 6.07) is 6.31. The average Bonchev–Trinajstić information content (AvgIpc) is 3.08. The number of halogens is 1. The number of urea groups is 1. The van der Waals surface area contributed by atoms with Crippen molar-refractivity contribution < 1.29 is 14.0 Å². The van der Waals surface area contributed by atoms with Crippen LogP contribution < -0.4 is 5.32 Å². The molecule has 1 aromatic carbocycles. The Morgan fingerprint density at radius 2 is 1.58 bits per heavy atom. The second-order valence-corrected chi connectivity index (χ2v) is 8.50. The van der Waals surface area contributed by atoms with E-state index >= 15 is 0 Å². The van der Waals surface area contributed by atoms with Crippen molar-refractivity contribution in [1.29, 1.82) is 0 Å². The molecule has 1 aliphatic carbocycles. The van der Waals surface area contributed by atoms with Crippen molar-refractivity contribution in [3.05, 3.63) is 47.0 Å². The number of carbonyl (C=O) groups is 2. The van der Waals surface area contributed by atoms with Gasteiger partial charge in [-0.05, 0) is 51.0 Å². The molecule has 0 unspecified atom stereocenters. The number of hydrogen-bond acceptors (Lipinski definition) is 3. The molecular weight excluding hydrogens is 397 g/mol. The number of aryl methyl sites for hydroxylation is 1. The van der Waals surface area contributed by atoms with E-state index in [1.165, 1.54) is 31.4 Å². The van der Waals surface area contributed by atoms with E-state index in [0.717, 1.165) is 18.5 Å². The van der Waals surface area contributed by atoms with E-state index in [1.54, 1.807) is 26.6 Å². The number of nitrogens with zero attached hydrogens (tertiary/aromatic N) is 4. The second-order valence-electron chi connectivity index (χ2n) is 8.50. The monoisotopic (exact) mass is 427 g/mol. The van der Waals surface area contributed by atoms with Crippen LogP contribution in [0.2, 0.25) is 0 Å². The molecule has 1 aliphatic heterocycles. The minimum Gasteiger partial charge on any atom is -0.335 e. The molecule has 8 heteroatoms. The van der Waals surface area contributed by atoms with Gasteiger partial charge in [0.25, 0.3) is 5.91 Å². The van der Waals surface area contributed by atoms with Gasteiger partial charge in [0.15, 0.2) is 0 Å². The number of carbonyl (C=O) groups excluding carboxylic acids is 2. The van der Waals surface area contributed by atoms with Crippen molar-refractivity contribution in [2.24, 2.45) is 0 Å². The fourth-order valence-corrected chi connectivity index (χ4v) is 4.57. The molecule has 0 spiro atoms. The van der Waals surface area contributed by atoms with E-state index in [4.69, 9.17) is 0 Å². The normalized spacial score (nSPS) is 17.6. The first kappa shape index (κ1) is 21.3. The standard InChI is InChI=1S/C23H30FN5O2/c1-16-21(17(2)29(26-16)20-10-8-18(24)9-11-20)22(30)27-12-14-28(15-13-27)23(31)25-19-6-4-3-5-7-19/h8-11,19H,3-7,12-15H2,1-2H3,(H,25,31). The van der Waals surface area contributed by atoms with Crippen molar-refractivity contribution in [2.75, 3.05) is 26.2 Å². The minimum absolute atomic E-state index is 0.0181. The van der Waals surface area contributed by atoms with Crippen LogP contribution in [0.3, 0.4) is 0 Å². The van der Waals surface area contributed by atoms with Gasteiger partial charge in [-0.2, -0.15) is 5.10 Å². The first-order chi connectivity index (χ1) is 14.9. The lowest BCUT2D eigenvalue weighted by atomic mass is 9.96. The van der Waals surface area contributed by atoms with E-state index in [9.17, 15) is 14.0 Å². The molecule has 0 radical (unpaired) electrons. The third-order valence-electron chi connectivity index (χ3n) is 6.36. The molecule has 2 heterocycles. The molecule has 1 saturated heterocycles. The molecule has 1 saturated carbocycles. The molecule has 1 aromatic heterocycles. The zero-order valence-electron chi connectivity index (χ0n) is 18.2. The van der Waals surface area contributed by atoms with Crippen LogP contribution in [0.25, 0.3) is 5.69 Å². The number of nitrogens with one attached hydrogen (secondary N) is 1. The quantitative estimate of drug-likeness (QED) is 0.816. The third kappa shape index (κ3) is 4.57. The van der Waals surface area contributed by atoms with Crippen molar-refractivity contribution >= 4 is 11.9 Å². The van der Waals surface area contributed by atoms with Gasteiger partial charge in [0.2, 0.25) is 0 Å². The molecule has 3 amide bonds. The highest BCUT2D eigenvalue weighted by Crippen LogP contribution is 2.21. The molecule has 4 rings (SSSR count). The molecule has 2 fully saturated rings. The van der Waals surface area contributed by atoms with Gasteiger partial charge >= 0.3 is 6.03 Å². The first-order valence-corrected chi connectivity index (χ1v) is 11.1. The van der Waals surface area contributed by atoms with Crippen molar-refractivity contribution in [3.8, 4) is 5.69 Å². The zero-order valence-corrected chi connectivity index (χ0v) is 18.2. The minimum atomic E-state index is -0.313. The molecule has 0 bridgehead atoms. The number of piperazine rings is 1. The van der Waals surface area contributed by atoms with Crippen molar-refractivity contribution in [3.63, 3.8) is 0 Å². The van der Waals surface area contributed by atoms with Crippen LogP contribution in [0.15, 0.2) is 24.3 Å². The van der Waals surface area contributed by atoms with Crippen LogP contribution in [-0.2, 0) is 0 Å². The van der Waals surface area contributed by atoms with Gasteiger partial charge < -0.3 is 15.1 Å². The van der Waals surface area contributed by atoms with E-state index < -0.39 is 0 Å². The highest BCUT2D eigenvalue weighted by molar-refractivity contribution is 5.96. The van der Waals surface area contributed by atoms with E-state index in [2.05, 4.69) is 10.4 Å². The molecule has 1 N–H and O–H groups in total. The fourth-order valence-electron chi connectivity index (χ4n) is 4.57. The lowest BCUT2D eigenvalue weighted by Crippen LogP contribution is -2.54. The maximum absolute atomic E-state index is 13.3. The Morgan fingerprint density at radius 3 is 2.23 bits per heavy atom. The van der Waals surface area contributed by atoms with Crippen molar-refractivity contribution in [2.45, 2.75) is 52.0 Å². The van der Waals surface area contributed by atoms with Crippen LogP contribution in [-0.4, -0.2) is 63.7 Å². The summed E-state index contributed by atoms with van der Waals surface area (Å²) in [6.45, 7) is 5.70. The highest BCUT2D eigenvalue weighted by Gasteiger charge is 2.29. The SMILES string of the molecule is Cc1nn(-c2ccc(F)cc2)c(C)c1C(=O)N1CCN(C(=O)NC2CCCCC2)CC1. The maximum atomic E-state index is 13.3. The molecule has 2 aromatic rings. The lowest BCUT2D eigenvalue weighted by Gasteiger charge is -2.36. The summed E-state index contributed by atoms with van der Waals surface area (Å²) in [5.41, 5.74) is 2.66. The van der Waals surface area contributed by atoms with E-state index in [0.29, 0.717) is 43.1 Å². The predicted molar refractivity (Wildman–Crippen MR) is 116 cm³/mol. The molecule has 31 heavy (non-hydrogen) atoms.